The Morgan fingerprint density at radius 3 is 2.38 bits per heavy atom. The van der Waals surface area contributed by atoms with Gasteiger partial charge in [0.05, 0.1) is 11.4 Å². The van der Waals surface area contributed by atoms with Gasteiger partial charge in [-0.25, -0.2) is 9.38 Å². The van der Waals surface area contributed by atoms with Crippen LogP contribution in [0.3, 0.4) is 0 Å². The van der Waals surface area contributed by atoms with Gasteiger partial charge in [-0.05, 0) is 47.9 Å². The zero-order valence-corrected chi connectivity index (χ0v) is 19.5. The van der Waals surface area contributed by atoms with Gasteiger partial charge in [0.1, 0.15) is 5.82 Å². The van der Waals surface area contributed by atoms with Crippen LogP contribution >= 0.6 is 11.8 Å². The summed E-state index contributed by atoms with van der Waals surface area (Å²) < 4.78 is 14.7. The number of benzene rings is 4. The van der Waals surface area contributed by atoms with E-state index in [1.165, 1.54) is 11.6 Å². The molecule has 34 heavy (non-hydrogen) atoms. The summed E-state index contributed by atoms with van der Waals surface area (Å²) in [7, 11) is 0. The molecule has 5 heteroatoms. The summed E-state index contributed by atoms with van der Waals surface area (Å²) in [6.45, 7) is 2.62. The Bertz CT molecular complexity index is 1380. The molecule has 1 aliphatic heterocycles. The number of halogens is 1. The smallest absolute Gasteiger partial charge is 0.251 e. The van der Waals surface area contributed by atoms with Gasteiger partial charge < -0.3 is 5.32 Å². The number of hydrogen-bond acceptors (Lipinski definition) is 3. The van der Waals surface area contributed by atoms with E-state index in [-0.39, 0.29) is 17.6 Å². The highest BCUT2D eigenvalue weighted by Gasteiger charge is 2.21. The molecule has 0 radical (unpaired) electrons. The topological polar surface area (TPSA) is 41.5 Å². The van der Waals surface area contributed by atoms with Gasteiger partial charge >= 0.3 is 0 Å². The summed E-state index contributed by atoms with van der Waals surface area (Å²) in [5, 5.41) is 3.03. The first-order valence-electron chi connectivity index (χ1n) is 11.2. The predicted molar refractivity (Wildman–Crippen MR) is 136 cm³/mol. The van der Waals surface area contributed by atoms with Crippen molar-refractivity contribution in [2.24, 2.45) is 4.99 Å². The Hall–Kier alpha value is -3.70. The van der Waals surface area contributed by atoms with Crippen molar-refractivity contribution in [2.45, 2.75) is 22.6 Å². The molecule has 1 N–H and O–H groups in total. The van der Waals surface area contributed by atoms with E-state index in [9.17, 15) is 9.18 Å². The molecule has 4 aromatic carbocycles. The van der Waals surface area contributed by atoms with E-state index >= 15 is 0 Å². The molecular formula is C29H23FN2OS. The molecule has 1 aliphatic rings. The zero-order chi connectivity index (χ0) is 23.5. The number of fused-ring (bicyclic) bond motifs is 2. The molecule has 5 rings (SSSR count). The molecule has 0 saturated carbocycles. The number of nitrogens with one attached hydrogen (secondary N) is 1. The largest absolute Gasteiger partial charge is 0.351 e. The maximum atomic E-state index is 14.7. The van der Waals surface area contributed by atoms with Crippen LogP contribution in [0.4, 0.5) is 10.1 Å². The van der Waals surface area contributed by atoms with Crippen molar-refractivity contribution in [1.82, 2.24) is 5.32 Å². The van der Waals surface area contributed by atoms with E-state index in [0.717, 1.165) is 15.4 Å². The molecule has 4 aromatic rings. The molecular weight excluding hydrogens is 443 g/mol. The van der Waals surface area contributed by atoms with Crippen LogP contribution < -0.4 is 5.32 Å². The SMILES string of the molecule is CC(CNC(=O)c1ccc2c(c1)N=C(c1ccccc1F)c1ccccc1S2)c1ccccc1. The van der Waals surface area contributed by atoms with E-state index in [4.69, 9.17) is 4.99 Å². The van der Waals surface area contributed by atoms with Crippen LogP contribution in [0.1, 0.15) is 39.9 Å². The van der Waals surface area contributed by atoms with Crippen molar-refractivity contribution in [2.75, 3.05) is 6.54 Å². The van der Waals surface area contributed by atoms with Crippen LogP contribution in [0.2, 0.25) is 0 Å². The Morgan fingerprint density at radius 1 is 0.882 bits per heavy atom. The first kappa shape index (κ1) is 22.1. The molecule has 1 amide bonds. The number of carbonyl (C=O) groups excluding carboxylic acids is 1. The Balaban J connectivity index is 1.47. The third-order valence-corrected chi connectivity index (χ3v) is 7.02. The number of aliphatic imine (C=N–C) groups is 1. The standard InChI is InChI=1S/C29H23FN2OS/c1-19(20-9-3-2-4-10-20)18-31-29(33)21-15-16-27-25(17-21)32-28(22-11-5-7-13-24(22)30)23-12-6-8-14-26(23)34-27/h2-17,19H,18H2,1H3,(H,31,33). The molecule has 0 fully saturated rings. The molecule has 3 nitrogen and oxygen atoms in total. The second kappa shape index (κ2) is 9.65. The summed E-state index contributed by atoms with van der Waals surface area (Å²) in [4.78, 5) is 19.7. The van der Waals surface area contributed by atoms with Crippen LogP contribution in [0.15, 0.2) is 112 Å². The van der Waals surface area contributed by atoms with Gasteiger partial charge in [-0.15, -0.1) is 0 Å². The summed E-state index contributed by atoms with van der Waals surface area (Å²) >= 11 is 1.57. The van der Waals surface area contributed by atoms with E-state index in [0.29, 0.717) is 29.1 Å². The van der Waals surface area contributed by atoms with Gasteiger partial charge in [-0.3, -0.25) is 4.79 Å². The van der Waals surface area contributed by atoms with Crippen molar-refractivity contribution < 1.29 is 9.18 Å². The number of carbonyl (C=O) groups is 1. The Morgan fingerprint density at radius 2 is 1.59 bits per heavy atom. The maximum Gasteiger partial charge on any atom is 0.251 e. The molecule has 0 bridgehead atoms. The summed E-state index contributed by atoms with van der Waals surface area (Å²) in [6.07, 6.45) is 0. The summed E-state index contributed by atoms with van der Waals surface area (Å²) in [5.41, 5.74) is 4.24. The average Bonchev–Trinajstić information content (AvgIpc) is 3.04. The van der Waals surface area contributed by atoms with Crippen molar-refractivity contribution in [1.29, 1.82) is 0 Å². The molecule has 1 heterocycles. The lowest BCUT2D eigenvalue weighted by Crippen LogP contribution is -2.27. The van der Waals surface area contributed by atoms with E-state index in [1.54, 1.807) is 36.0 Å². The molecule has 0 saturated heterocycles. The first-order valence-corrected chi connectivity index (χ1v) is 12.0. The van der Waals surface area contributed by atoms with Crippen LogP contribution in [-0.2, 0) is 0 Å². The maximum absolute atomic E-state index is 14.7. The Kier molecular flexibility index (Phi) is 6.28. The monoisotopic (exact) mass is 466 g/mol. The number of nitrogens with zero attached hydrogens (tertiary/aromatic N) is 1. The highest BCUT2D eigenvalue weighted by atomic mass is 32.2. The molecule has 0 aliphatic carbocycles. The average molecular weight is 467 g/mol. The highest BCUT2D eigenvalue weighted by Crippen LogP contribution is 2.41. The number of amides is 1. The minimum Gasteiger partial charge on any atom is -0.351 e. The zero-order valence-electron chi connectivity index (χ0n) is 18.7. The van der Waals surface area contributed by atoms with Crippen LogP contribution in [0.25, 0.3) is 0 Å². The van der Waals surface area contributed by atoms with E-state index < -0.39 is 0 Å². The van der Waals surface area contributed by atoms with Gasteiger partial charge in [-0.2, -0.15) is 0 Å². The molecule has 1 unspecified atom stereocenters. The minimum absolute atomic E-state index is 0.153. The molecule has 0 aromatic heterocycles. The van der Waals surface area contributed by atoms with Crippen LogP contribution in [-0.4, -0.2) is 18.2 Å². The third-order valence-electron chi connectivity index (χ3n) is 5.88. The Labute approximate surface area is 202 Å². The second-order valence-electron chi connectivity index (χ2n) is 8.24. The van der Waals surface area contributed by atoms with Crippen molar-refractivity contribution in [3.05, 3.63) is 125 Å². The van der Waals surface area contributed by atoms with E-state index in [1.807, 2.05) is 54.6 Å². The van der Waals surface area contributed by atoms with Crippen molar-refractivity contribution >= 4 is 29.1 Å². The van der Waals surface area contributed by atoms with Gasteiger partial charge in [0.25, 0.3) is 5.91 Å². The number of rotatable bonds is 5. The first-order chi connectivity index (χ1) is 16.6. The van der Waals surface area contributed by atoms with Crippen molar-refractivity contribution in [3.8, 4) is 0 Å². The van der Waals surface area contributed by atoms with Gasteiger partial charge in [0.15, 0.2) is 0 Å². The van der Waals surface area contributed by atoms with Crippen LogP contribution in [0, 0.1) is 5.82 Å². The van der Waals surface area contributed by atoms with Gasteiger partial charge in [-0.1, -0.05) is 79.3 Å². The third kappa shape index (κ3) is 4.52. The molecule has 1 atom stereocenters. The van der Waals surface area contributed by atoms with Gasteiger partial charge in [0, 0.05) is 33.0 Å². The molecule has 168 valence electrons. The molecule has 0 spiro atoms. The van der Waals surface area contributed by atoms with Gasteiger partial charge in [0.2, 0.25) is 0 Å². The lowest BCUT2D eigenvalue weighted by molar-refractivity contribution is 0.0951. The van der Waals surface area contributed by atoms with E-state index in [2.05, 4.69) is 24.4 Å². The quantitative estimate of drug-likeness (QED) is 0.303. The lowest BCUT2D eigenvalue weighted by Gasteiger charge is -2.13. The van der Waals surface area contributed by atoms with Crippen LogP contribution in [0.5, 0.6) is 0 Å². The predicted octanol–water partition coefficient (Wildman–Crippen LogP) is 6.99. The fourth-order valence-corrected chi connectivity index (χ4v) is 4.99. The summed E-state index contributed by atoms with van der Waals surface area (Å²) in [5.74, 6) is -0.282. The fourth-order valence-electron chi connectivity index (χ4n) is 3.99. The minimum atomic E-state index is -0.326. The second-order valence-corrected chi connectivity index (χ2v) is 9.33. The fraction of sp³-hybridized carbons (Fsp3) is 0.103. The normalized spacial score (nSPS) is 13.2. The number of hydrogen-bond donors (Lipinski definition) is 1. The lowest BCUT2D eigenvalue weighted by atomic mass is 10.0. The summed E-state index contributed by atoms with van der Waals surface area (Å²) in [6, 6.07) is 30.2. The highest BCUT2D eigenvalue weighted by molar-refractivity contribution is 7.99. The van der Waals surface area contributed by atoms with Crippen molar-refractivity contribution in [3.63, 3.8) is 0 Å².